The SMILES string of the molecule is CCC1CCC(C(N)c2cc(C)nc(C)c2)CC1. The van der Waals surface area contributed by atoms with Crippen LogP contribution in [0.15, 0.2) is 12.1 Å². The first kappa shape index (κ1) is 13.5. The summed E-state index contributed by atoms with van der Waals surface area (Å²) >= 11 is 0. The third-order valence-electron chi connectivity index (χ3n) is 4.47. The van der Waals surface area contributed by atoms with Gasteiger partial charge >= 0.3 is 0 Å². The molecule has 18 heavy (non-hydrogen) atoms. The van der Waals surface area contributed by atoms with Crippen LogP contribution in [-0.2, 0) is 0 Å². The Morgan fingerprint density at radius 2 is 1.72 bits per heavy atom. The fourth-order valence-corrected chi connectivity index (χ4v) is 3.29. The molecule has 0 bridgehead atoms. The van der Waals surface area contributed by atoms with Crippen LogP contribution in [0.4, 0.5) is 0 Å². The van der Waals surface area contributed by atoms with Crippen molar-refractivity contribution in [1.82, 2.24) is 4.98 Å². The van der Waals surface area contributed by atoms with Crippen LogP contribution in [0.2, 0.25) is 0 Å². The third kappa shape index (κ3) is 3.11. The molecule has 1 aliphatic carbocycles. The molecule has 0 aliphatic heterocycles. The standard InChI is InChI=1S/C16H26N2/c1-4-13-5-7-14(8-6-13)16(17)15-9-11(2)18-12(3)10-15/h9-10,13-14,16H,4-8,17H2,1-3H3. The molecule has 2 rings (SSSR count). The van der Waals surface area contributed by atoms with Gasteiger partial charge in [-0.25, -0.2) is 0 Å². The van der Waals surface area contributed by atoms with Crippen LogP contribution in [0.25, 0.3) is 0 Å². The molecule has 1 saturated carbocycles. The average Bonchev–Trinajstić information content (AvgIpc) is 2.37. The Morgan fingerprint density at radius 1 is 1.17 bits per heavy atom. The fraction of sp³-hybridized carbons (Fsp3) is 0.688. The van der Waals surface area contributed by atoms with Crippen molar-refractivity contribution in [2.45, 2.75) is 58.9 Å². The van der Waals surface area contributed by atoms with E-state index in [1.165, 1.54) is 37.7 Å². The van der Waals surface area contributed by atoms with Gasteiger partial charge in [-0.1, -0.05) is 26.2 Å². The molecule has 1 aliphatic rings. The van der Waals surface area contributed by atoms with Gasteiger partial charge in [-0.2, -0.15) is 0 Å². The van der Waals surface area contributed by atoms with Crippen molar-refractivity contribution in [2.24, 2.45) is 17.6 Å². The van der Waals surface area contributed by atoms with Crippen LogP contribution in [0.5, 0.6) is 0 Å². The maximum atomic E-state index is 6.47. The fourth-order valence-electron chi connectivity index (χ4n) is 3.29. The second-order valence-corrected chi connectivity index (χ2v) is 5.90. The Labute approximate surface area is 111 Å². The lowest BCUT2D eigenvalue weighted by Gasteiger charge is -2.32. The normalized spacial score (nSPS) is 26.0. The van der Waals surface area contributed by atoms with E-state index < -0.39 is 0 Å². The molecule has 1 aromatic heterocycles. The highest BCUT2D eigenvalue weighted by atomic mass is 14.7. The van der Waals surface area contributed by atoms with Gasteiger partial charge in [0.1, 0.15) is 0 Å². The topological polar surface area (TPSA) is 38.9 Å². The number of hydrogen-bond donors (Lipinski definition) is 1. The lowest BCUT2D eigenvalue weighted by molar-refractivity contribution is 0.240. The van der Waals surface area contributed by atoms with E-state index in [4.69, 9.17) is 5.73 Å². The molecule has 2 heteroatoms. The summed E-state index contributed by atoms with van der Waals surface area (Å²) in [5.41, 5.74) is 9.92. The van der Waals surface area contributed by atoms with Gasteiger partial charge in [0.25, 0.3) is 0 Å². The predicted octanol–water partition coefficient (Wildman–Crippen LogP) is 3.91. The second-order valence-electron chi connectivity index (χ2n) is 5.90. The van der Waals surface area contributed by atoms with Gasteiger partial charge in [0, 0.05) is 17.4 Å². The summed E-state index contributed by atoms with van der Waals surface area (Å²) in [5.74, 6) is 1.60. The minimum absolute atomic E-state index is 0.197. The van der Waals surface area contributed by atoms with E-state index >= 15 is 0 Å². The van der Waals surface area contributed by atoms with E-state index in [2.05, 4.69) is 37.9 Å². The summed E-state index contributed by atoms with van der Waals surface area (Å²) < 4.78 is 0. The molecule has 1 heterocycles. The van der Waals surface area contributed by atoms with E-state index in [0.29, 0.717) is 5.92 Å². The molecular weight excluding hydrogens is 220 g/mol. The van der Waals surface area contributed by atoms with E-state index in [9.17, 15) is 0 Å². The predicted molar refractivity (Wildman–Crippen MR) is 76.4 cm³/mol. The zero-order chi connectivity index (χ0) is 13.1. The molecule has 0 amide bonds. The Bertz CT molecular complexity index is 372. The van der Waals surface area contributed by atoms with Crippen molar-refractivity contribution in [3.8, 4) is 0 Å². The smallest absolute Gasteiger partial charge is 0.0379 e. The van der Waals surface area contributed by atoms with Gasteiger partial charge in [-0.15, -0.1) is 0 Å². The number of aryl methyl sites for hydroxylation is 2. The Hall–Kier alpha value is -0.890. The zero-order valence-electron chi connectivity index (χ0n) is 11.9. The van der Waals surface area contributed by atoms with Crippen LogP contribution in [0.3, 0.4) is 0 Å². The molecule has 1 atom stereocenters. The summed E-state index contributed by atoms with van der Waals surface area (Å²) in [6.45, 7) is 6.41. The first-order valence-electron chi connectivity index (χ1n) is 7.31. The third-order valence-corrected chi connectivity index (χ3v) is 4.47. The van der Waals surface area contributed by atoms with Gasteiger partial charge in [0.2, 0.25) is 0 Å². The maximum absolute atomic E-state index is 6.47. The summed E-state index contributed by atoms with van der Waals surface area (Å²) in [5, 5.41) is 0. The van der Waals surface area contributed by atoms with Gasteiger partial charge < -0.3 is 5.73 Å². The summed E-state index contributed by atoms with van der Waals surface area (Å²) in [7, 11) is 0. The number of nitrogens with zero attached hydrogens (tertiary/aromatic N) is 1. The minimum Gasteiger partial charge on any atom is -0.324 e. The quantitative estimate of drug-likeness (QED) is 0.878. The van der Waals surface area contributed by atoms with Crippen LogP contribution < -0.4 is 5.73 Å². The summed E-state index contributed by atoms with van der Waals surface area (Å²) in [4.78, 5) is 4.43. The highest BCUT2D eigenvalue weighted by Gasteiger charge is 2.25. The van der Waals surface area contributed by atoms with Crippen molar-refractivity contribution in [2.75, 3.05) is 0 Å². The van der Waals surface area contributed by atoms with Crippen LogP contribution in [0.1, 0.15) is 62.0 Å². The average molecular weight is 246 g/mol. The first-order valence-corrected chi connectivity index (χ1v) is 7.31. The largest absolute Gasteiger partial charge is 0.324 e. The van der Waals surface area contributed by atoms with Crippen molar-refractivity contribution in [3.05, 3.63) is 29.1 Å². The number of hydrogen-bond acceptors (Lipinski definition) is 2. The zero-order valence-corrected chi connectivity index (χ0v) is 11.9. The lowest BCUT2D eigenvalue weighted by Crippen LogP contribution is -2.26. The van der Waals surface area contributed by atoms with E-state index in [1.54, 1.807) is 0 Å². The van der Waals surface area contributed by atoms with Gasteiger partial charge in [-0.05, 0) is 56.2 Å². The number of nitrogens with two attached hydrogens (primary N) is 1. The second kappa shape index (κ2) is 5.83. The number of pyridine rings is 1. The van der Waals surface area contributed by atoms with Gasteiger partial charge in [-0.3, -0.25) is 4.98 Å². The monoisotopic (exact) mass is 246 g/mol. The summed E-state index contributed by atoms with van der Waals surface area (Å²) in [6.07, 6.45) is 6.63. The van der Waals surface area contributed by atoms with Gasteiger partial charge in [0.05, 0.1) is 0 Å². The minimum atomic E-state index is 0.197. The van der Waals surface area contributed by atoms with Crippen molar-refractivity contribution >= 4 is 0 Å². The number of rotatable bonds is 3. The van der Waals surface area contributed by atoms with Crippen molar-refractivity contribution in [1.29, 1.82) is 0 Å². The molecule has 100 valence electrons. The maximum Gasteiger partial charge on any atom is 0.0379 e. The Balaban J connectivity index is 2.05. The highest BCUT2D eigenvalue weighted by Crippen LogP contribution is 2.36. The molecular formula is C16H26N2. The van der Waals surface area contributed by atoms with Crippen molar-refractivity contribution in [3.63, 3.8) is 0 Å². The molecule has 0 spiro atoms. The molecule has 1 aromatic rings. The summed E-state index contributed by atoms with van der Waals surface area (Å²) in [6, 6.07) is 4.51. The molecule has 0 aromatic carbocycles. The highest BCUT2D eigenvalue weighted by molar-refractivity contribution is 5.24. The van der Waals surface area contributed by atoms with E-state index in [1.807, 2.05) is 0 Å². The van der Waals surface area contributed by atoms with Crippen molar-refractivity contribution < 1.29 is 0 Å². The van der Waals surface area contributed by atoms with E-state index in [-0.39, 0.29) is 6.04 Å². The lowest BCUT2D eigenvalue weighted by atomic mass is 9.76. The first-order chi connectivity index (χ1) is 8.60. The van der Waals surface area contributed by atoms with Crippen LogP contribution >= 0.6 is 0 Å². The molecule has 1 unspecified atom stereocenters. The Kier molecular flexibility index (Phi) is 4.39. The van der Waals surface area contributed by atoms with Crippen LogP contribution in [0, 0.1) is 25.7 Å². The van der Waals surface area contributed by atoms with Crippen LogP contribution in [-0.4, -0.2) is 4.98 Å². The van der Waals surface area contributed by atoms with Gasteiger partial charge in [0.15, 0.2) is 0 Å². The molecule has 2 N–H and O–H groups in total. The number of aromatic nitrogens is 1. The molecule has 0 saturated heterocycles. The van der Waals surface area contributed by atoms with E-state index in [0.717, 1.165) is 17.3 Å². The molecule has 1 fully saturated rings. The Morgan fingerprint density at radius 3 is 2.22 bits per heavy atom. The molecule has 2 nitrogen and oxygen atoms in total. The molecule has 0 radical (unpaired) electrons.